The molecule has 2 unspecified atom stereocenters. The summed E-state index contributed by atoms with van der Waals surface area (Å²) in [5.41, 5.74) is 0. The van der Waals surface area contributed by atoms with Crippen molar-refractivity contribution in [3.63, 3.8) is 0 Å². The Labute approximate surface area is 84.4 Å². The lowest BCUT2D eigenvalue weighted by Crippen LogP contribution is -1.98. The van der Waals surface area contributed by atoms with E-state index in [0.29, 0.717) is 0 Å². The maximum atomic E-state index is 2.36. The highest BCUT2D eigenvalue weighted by atomic mass is 14.1. The molecule has 0 aliphatic rings. The molecule has 0 rings (SSSR count). The van der Waals surface area contributed by atoms with Crippen molar-refractivity contribution in [3.05, 3.63) is 12.2 Å². The maximum Gasteiger partial charge on any atom is -0.0325 e. The zero-order valence-corrected chi connectivity index (χ0v) is 9.84. The third-order valence-corrected chi connectivity index (χ3v) is 2.79. The van der Waals surface area contributed by atoms with Gasteiger partial charge in [0, 0.05) is 0 Å². The van der Waals surface area contributed by atoms with Gasteiger partial charge in [-0.25, -0.2) is 0 Å². The van der Waals surface area contributed by atoms with E-state index >= 15 is 0 Å². The number of allylic oxidation sites excluding steroid dienone is 2. The molecule has 0 radical (unpaired) electrons. The largest absolute Gasteiger partial charge is 0.0888 e. The molecule has 0 aliphatic carbocycles. The Morgan fingerprint density at radius 3 is 2.08 bits per heavy atom. The van der Waals surface area contributed by atoms with Crippen molar-refractivity contribution in [1.82, 2.24) is 0 Å². The molecule has 0 spiro atoms. The van der Waals surface area contributed by atoms with Gasteiger partial charge in [0.15, 0.2) is 0 Å². The SMILES string of the molecule is CCC=CCC(C)CCC(C)CC. The van der Waals surface area contributed by atoms with E-state index < -0.39 is 0 Å². The minimum Gasteiger partial charge on any atom is -0.0888 e. The highest BCUT2D eigenvalue weighted by Crippen LogP contribution is 2.17. The van der Waals surface area contributed by atoms with E-state index in [2.05, 4.69) is 39.8 Å². The minimum atomic E-state index is 0.872. The zero-order valence-electron chi connectivity index (χ0n) is 9.84. The molecule has 78 valence electrons. The molecule has 0 fully saturated rings. The van der Waals surface area contributed by atoms with Gasteiger partial charge in [-0.05, 0) is 24.7 Å². The second kappa shape index (κ2) is 8.34. The molecule has 0 aromatic carbocycles. The molecule has 0 aromatic heterocycles. The van der Waals surface area contributed by atoms with Crippen molar-refractivity contribution < 1.29 is 0 Å². The molecule has 0 nitrogen and oxygen atoms in total. The number of hydrogen-bond acceptors (Lipinski definition) is 0. The molecule has 0 heterocycles. The lowest BCUT2D eigenvalue weighted by Gasteiger charge is -2.12. The van der Waals surface area contributed by atoms with Gasteiger partial charge < -0.3 is 0 Å². The molecule has 13 heavy (non-hydrogen) atoms. The highest BCUT2D eigenvalue weighted by molar-refractivity contribution is 4.81. The van der Waals surface area contributed by atoms with Gasteiger partial charge in [-0.2, -0.15) is 0 Å². The van der Waals surface area contributed by atoms with Crippen LogP contribution in [0.5, 0.6) is 0 Å². The van der Waals surface area contributed by atoms with Crippen molar-refractivity contribution in [2.75, 3.05) is 0 Å². The predicted octanol–water partition coefficient (Wildman–Crippen LogP) is 4.81. The van der Waals surface area contributed by atoms with Crippen LogP contribution in [0.4, 0.5) is 0 Å². The summed E-state index contributed by atoms with van der Waals surface area (Å²) in [5.74, 6) is 1.79. The van der Waals surface area contributed by atoms with Gasteiger partial charge in [0.1, 0.15) is 0 Å². The minimum absolute atomic E-state index is 0.872. The van der Waals surface area contributed by atoms with E-state index in [9.17, 15) is 0 Å². The smallest absolute Gasteiger partial charge is 0.0325 e. The van der Waals surface area contributed by atoms with Crippen molar-refractivity contribution >= 4 is 0 Å². The summed E-state index contributed by atoms with van der Waals surface area (Å²) in [6.07, 6.45) is 11.2. The van der Waals surface area contributed by atoms with Crippen LogP contribution in [0.2, 0.25) is 0 Å². The fourth-order valence-corrected chi connectivity index (χ4v) is 1.39. The Balaban J connectivity index is 3.39. The predicted molar refractivity (Wildman–Crippen MR) is 61.9 cm³/mol. The van der Waals surface area contributed by atoms with Crippen LogP contribution in [0, 0.1) is 11.8 Å². The summed E-state index contributed by atoms with van der Waals surface area (Å²) in [6, 6.07) is 0. The maximum absolute atomic E-state index is 2.36. The van der Waals surface area contributed by atoms with Gasteiger partial charge in [0.05, 0.1) is 0 Å². The Morgan fingerprint density at radius 2 is 1.54 bits per heavy atom. The molecule has 0 aliphatic heterocycles. The van der Waals surface area contributed by atoms with Gasteiger partial charge in [-0.15, -0.1) is 0 Å². The van der Waals surface area contributed by atoms with E-state index in [4.69, 9.17) is 0 Å². The molecular weight excluding hydrogens is 156 g/mol. The van der Waals surface area contributed by atoms with Crippen molar-refractivity contribution in [2.24, 2.45) is 11.8 Å². The molecule has 0 bridgehead atoms. The van der Waals surface area contributed by atoms with Crippen molar-refractivity contribution in [2.45, 2.75) is 59.8 Å². The average Bonchev–Trinajstić information content (AvgIpc) is 2.14. The first kappa shape index (κ1) is 12.7. The first-order valence-electron chi connectivity index (χ1n) is 5.85. The van der Waals surface area contributed by atoms with Crippen LogP contribution in [0.3, 0.4) is 0 Å². The summed E-state index contributed by atoms with van der Waals surface area (Å²) in [6.45, 7) is 9.20. The van der Waals surface area contributed by atoms with E-state index in [1.165, 1.54) is 32.1 Å². The van der Waals surface area contributed by atoms with Gasteiger partial charge in [-0.3, -0.25) is 0 Å². The molecule has 2 atom stereocenters. The first-order chi connectivity index (χ1) is 6.20. The van der Waals surface area contributed by atoms with Gasteiger partial charge in [0.2, 0.25) is 0 Å². The normalized spacial score (nSPS) is 16.3. The number of hydrogen-bond donors (Lipinski definition) is 0. The van der Waals surface area contributed by atoms with Crippen LogP contribution in [0.15, 0.2) is 12.2 Å². The summed E-state index contributed by atoms with van der Waals surface area (Å²) < 4.78 is 0. The average molecular weight is 182 g/mol. The van der Waals surface area contributed by atoms with Crippen LogP contribution < -0.4 is 0 Å². The molecular formula is C13H26. The van der Waals surface area contributed by atoms with Gasteiger partial charge in [-0.1, -0.05) is 59.1 Å². The Hall–Kier alpha value is -0.260. The quantitative estimate of drug-likeness (QED) is 0.496. The third kappa shape index (κ3) is 8.08. The molecule has 0 saturated heterocycles. The first-order valence-corrected chi connectivity index (χ1v) is 5.85. The topological polar surface area (TPSA) is 0 Å². The van der Waals surface area contributed by atoms with Crippen LogP contribution in [-0.4, -0.2) is 0 Å². The zero-order chi connectivity index (χ0) is 10.1. The lowest BCUT2D eigenvalue weighted by atomic mass is 9.94. The van der Waals surface area contributed by atoms with Crippen LogP contribution >= 0.6 is 0 Å². The molecule has 0 saturated carbocycles. The van der Waals surface area contributed by atoms with Gasteiger partial charge >= 0.3 is 0 Å². The second-order valence-electron chi connectivity index (χ2n) is 4.31. The van der Waals surface area contributed by atoms with Crippen LogP contribution in [-0.2, 0) is 0 Å². The fourth-order valence-electron chi connectivity index (χ4n) is 1.39. The summed E-state index contributed by atoms with van der Waals surface area (Å²) in [4.78, 5) is 0. The van der Waals surface area contributed by atoms with E-state index in [1.807, 2.05) is 0 Å². The highest BCUT2D eigenvalue weighted by Gasteiger charge is 2.03. The Bertz CT molecular complexity index is 124. The monoisotopic (exact) mass is 182 g/mol. The summed E-state index contributed by atoms with van der Waals surface area (Å²) >= 11 is 0. The molecule has 0 aromatic rings. The van der Waals surface area contributed by atoms with E-state index in [0.717, 1.165) is 11.8 Å². The second-order valence-corrected chi connectivity index (χ2v) is 4.31. The molecule has 0 heteroatoms. The molecule has 0 N–H and O–H groups in total. The summed E-state index contributed by atoms with van der Waals surface area (Å²) in [7, 11) is 0. The Kier molecular flexibility index (Phi) is 8.18. The third-order valence-electron chi connectivity index (χ3n) is 2.79. The standard InChI is InChI=1S/C13H26/c1-5-7-8-9-13(4)11-10-12(3)6-2/h7-8,12-13H,5-6,9-11H2,1-4H3. The van der Waals surface area contributed by atoms with Crippen molar-refractivity contribution in [1.29, 1.82) is 0 Å². The van der Waals surface area contributed by atoms with Gasteiger partial charge in [0.25, 0.3) is 0 Å². The lowest BCUT2D eigenvalue weighted by molar-refractivity contribution is 0.425. The van der Waals surface area contributed by atoms with Crippen molar-refractivity contribution in [3.8, 4) is 0 Å². The van der Waals surface area contributed by atoms with E-state index in [1.54, 1.807) is 0 Å². The Morgan fingerprint density at radius 1 is 0.923 bits per heavy atom. The van der Waals surface area contributed by atoms with Crippen LogP contribution in [0.25, 0.3) is 0 Å². The molecule has 0 amide bonds. The van der Waals surface area contributed by atoms with E-state index in [-0.39, 0.29) is 0 Å². The summed E-state index contributed by atoms with van der Waals surface area (Å²) in [5, 5.41) is 0. The fraction of sp³-hybridized carbons (Fsp3) is 0.846. The van der Waals surface area contributed by atoms with Crippen LogP contribution in [0.1, 0.15) is 59.8 Å². The number of rotatable bonds is 7.